The lowest BCUT2D eigenvalue weighted by atomic mass is 10.2. The zero-order chi connectivity index (χ0) is 15.5. The zero-order valence-corrected chi connectivity index (χ0v) is 13.2. The minimum absolute atomic E-state index is 0.851. The number of aromatic nitrogens is 3. The molecule has 1 aromatic carbocycles. The monoisotopic (exact) mass is 307 g/mol. The number of hydrogen-bond acceptors (Lipinski definition) is 4. The Hall–Kier alpha value is -2.40. The first kappa shape index (κ1) is 14.2. The van der Waals surface area contributed by atoms with E-state index < -0.39 is 0 Å². The maximum Gasteiger partial charge on any atom is 0.225 e. The van der Waals surface area contributed by atoms with Crippen LogP contribution in [-0.4, -0.2) is 52.2 Å². The number of fused-ring (bicyclic) bond motifs is 1. The summed E-state index contributed by atoms with van der Waals surface area (Å²) in [4.78, 5) is 13.5. The van der Waals surface area contributed by atoms with Crippen molar-refractivity contribution in [3.05, 3.63) is 55.0 Å². The number of rotatable bonds is 4. The van der Waals surface area contributed by atoms with Gasteiger partial charge in [0.2, 0.25) is 5.95 Å². The molecule has 0 aliphatic carbocycles. The summed E-state index contributed by atoms with van der Waals surface area (Å²) in [5, 5.41) is 1.32. The number of nitrogens with zero attached hydrogens (tertiary/aromatic N) is 5. The van der Waals surface area contributed by atoms with Crippen molar-refractivity contribution in [3.8, 4) is 0 Å². The van der Waals surface area contributed by atoms with Gasteiger partial charge in [0.15, 0.2) is 0 Å². The highest BCUT2D eigenvalue weighted by Gasteiger charge is 2.18. The molecule has 1 fully saturated rings. The Bertz CT molecular complexity index is 759. The van der Waals surface area contributed by atoms with E-state index in [0.29, 0.717) is 0 Å². The Morgan fingerprint density at radius 2 is 1.61 bits per heavy atom. The molecule has 0 bridgehead atoms. The van der Waals surface area contributed by atoms with Gasteiger partial charge in [-0.25, -0.2) is 9.97 Å². The molecule has 1 aliphatic rings. The molecular formula is C18H21N5. The molecule has 3 heterocycles. The van der Waals surface area contributed by atoms with Crippen molar-refractivity contribution in [2.24, 2.45) is 0 Å². The summed E-state index contributed by atoms with van der Waals surface area (Å²) in [5.41, 5.74) is 1.32. The summed E-state index contributed by atoms with van der Waals surface area (Å²) in [5.74, 6) is 0.851. The Kier molecular flexibility index (Phi) is 3.94. The van der Waals surface area contributed by atoms with E-state index in [1.165, 1.54) is 10.9 Å². The second-order valence-corrected chi connectivity index (χ2v) is 5.95. The maximum absolute atomic E-state index is 4.34. The standard InChI is InChI=1S/C18H21N5/c1-2-5-17-16(4-1)6-9-22(17)13-10-21-11-14-23(15-12-21)18-19-7-3-8-20-18/h1-9H,10-15H2. The van der Waals surface area contributed by atoms with Crippen LogP contribution in [0.1, 0.15) is 0 Å². The average molecular weight is 307 g/mol. The number of anilines is 1. The highest BCUT2D eigenvalue weighted by molar-refractivity contribution is 5.79. The van der Waals surface area contributed by atoms with E-state index in [2.05, 4.69) is 60.9 Å². The highest BCUT2D eigenvalue weighted by Crippen LogP contribution is 2.15. The van der Waals surface area contributed by atoms with Crippen molar-refractivity contribution >= 4 is 16.9 Å². The second-order valence-electron chi connectivity index (χ2n) is 5.95. The lowest BCUT2D eigenvalue weighted by molar-refractivity contribution is 0.248. The molecule has 5 heteroatoms. The molecule has 1 saturated heterocycles. The maximum atomic E-state index is 4.34. The van der Waals surface area contributed by atoms with Crippen LogP contribution in [0, 0.1) is 0 Å². The molecular weight excluding hydrogens is 286 g/mol. The number of hydrogen-bond donors (Lipinski definition) is 0. The van der Waals surface area contributed by atoms with Gasteiger partial charge in [0.05, 0.1) is 0 Å². The van der Waals surface area contributed by atoms with Crippen molar-refractivity contribution < 1.29 is 0 Å². The fourth-order valence-electron chi connectivity index (χ4n) is 3.21. The van der Waals surface area contributed by atoms with E-state index in [1.807, 2.05) is 18.5 Å². The fourth-order valence-corrected chi connectivity index (χ4v) is 3.21. The molecule has 0 unspecified atom stereocenters. The topological polar surface area (TPSA) is 37.2 Å². The summed E-state index contributed by atoms with van der Waals surface area (Å²) >= 11 is 0. The van der Waals surface area contributed by atoms with Crippen LogP contribution in [0.3, 0.4) is 0 Å². The summed E-state index contributed by atoms with van der Waals surface area (Å²) in [6.45, 7) is 6.25. The van der Waals surface area contributed by atoms with Crippen molar-refractivity contribution in [1.29, 1.82) is 0 Å². The van der Waals surface area contributed by atoms with Gasteiger partial charge >= 0.3 is 0 Å². The Morgan fingerprint density at radius 3 is 2.43 bits per heavy atom. The van der Waals surface area contributed by atoms with E-state index in [9.17, 15) is 0 Å². The van der Waals surface area contributed by atoms with Crippen LogP contribution in [0.15, 0.2) is 55.0 Å². The molecule has 2 aromatic heterocycles. The zero-order valence-electron chi connectivity index (χ0n) is 13.2. The Labute approximate surface area is 136 Å². The highest BCUT2D eigenvalue weighted by atomic mass is 15.3. The lowest BCUT2D eigenvalue weighted by Crippen LogP contribution is -2.47. The van der Waals surface area contributed by atoms with Gasteiger partial charge in [-0.1, -0.05) is 18.2 Å². The summed E-state index contributed by atoms with van der Waals surface area (Å²) in [7, 11) is 0. The minimum atomic E-state index is 0.851. The van der Waals surface area contributed by atoms with Crippen molar-refractivity contribution in [2.75, 3.05) is 37.6 Å². The van der Waals surface area contributed by atoms with Crippen LogP contribution in [-0.2, 0) is 6.54 Å². The number of benzene rings is 1. The molecule has 0 spiro atoms. The third-order valence-corrected chi connectivity index (χ3v) is 4.54. The molecule has 4 rings (SSSR count). The van der Waals surface area contributed by atoms with Gasteiger partial charge in [-0.3, -0.25) is 4.90 Å². The van der Waals surface area contributed by atoms with E-state index >= 15 is 0 Å². The van der Waals surface area contributed by atoms with E-state index in [4.69, 9.17) is 0 Å². The molecule has 0 saturated carbocycles. The molecule has 23 heavy (non-hydrogen) atoms. The van der Waals surface area contributed by atoms with Gasteiger partial charge in [0.1, 0.15) is 0 Å². The second kappa shape index (κ2) is 6.38. The van der Waals surface area contributed by atoms with Crippen LogP contribution in [0.4, 0.5) is 5.95 Å². The molecule has 0 amide bonds. The van der Waals surface area contributed by atoms with Crippen molar-refractivity contribution in [2.45, 2.75) is 6.54 Å². The van der Waals surface area contributed by atoms with Gasteiger partial charge in [-0.15, -0.1) is 0 Å². The molecule has 118 valence electrons. The first-order chi connectivity index (χ1) is 11.4. The third kappa shape index (κ3) is 3.05. The lowest BCUT2D eigenvalue weighted by Gasteiger charge is -2.34. The normalized spacial score (nSPS) is 16.1. The third-order valence-electron chi connectivity index (χ3n) is 4.54. The van der Waals surface area contributed by atoms with Gasteiger partial charge in [-0.2, -0.15) is 0 Å². The smallest absolute Gasteiger partial charge is 0.225 e. The van der Waals surface area contributed by atoms with Crippen molar-refractivity contribution in [3.63, 3.8) is 0 Å². The van der Waals surface area contributed by atoms with Crippen molar-refractivity contribution in [1.82, 2.24) is 19.4 Å². The minimum Gasteiger partial charge on any atom is -0.346 e. The molecule has 0 N–H and O–H groups in total. The molecule has 0 radical (unpaired) electrons. The molecule has 1 aliphatic heterocycles. The SMILES string of the molecule is c1cnc(N2CCN(CCn3ccc4ccccc43)CC2)nc1. The van der Waals surface area contributed by atoms with Gasteiger partial charge in [0.25, 0.3) is 0 Å². The van der Waals surface area contributed by atoms with Crippen LogP contribution in [0.25, 0.3) is 10.9 Å². The quantitative estimate of drug-likeness (QED) is 0.741. The average Bonchev–Trinajstić information content (AvgIpc) is 3.04. The van der Waals surface area contributed by atoms with E-state index in [-0.39, 0.29) is 0 Å². The van der Waals surface area contributed by atoms with Crippen LogP contribution >= 0.6 is 0 Å². The Morgan fingerprint density at radius 1 is 0.826 bits per heavy atom. The largest absolute Gasteiger partial charge is 0.346 e. The van der Waals surface area contributed by atoms with Crippen LogP contribution in [0.2, 0.25) is 0 Å². The van der Waals surface area contributed by atoms with Crippen LogP contribution < -0.4 is 4.90 Å². The predicted octanol–water partition coefficient (Wildman–Crippen LogP) is 2.25. The van der Waals surface area contributed by atoms with E-state index in [0.717, 1.165) is 45.2 Å². The van der Waals surface area contributed by atoms with Gasteiger partial charge < -0.3 is 9.47 Å². The molecule has 5 nitrogen and oxygen atoms in total. The molecule has 0 atom stereocenters. The Balaban J connectivity index is 1.33. The number of para-hydroxylation sites is 1. The van der Waals surface area contributed by atoms with Gasteiger partial charge in [-0.05, 0) is 23.6 Å². The van der Waals surface area contributed by atoms with Crippen LogP contribution in [0.5, 0.6) is 0 Å². The van der Waals surface area contributed by atoms with Gasteiger partial charge in [0, 0.05) is 63.4 Å². The summed E-state index contributed by atoms with van der Waals surface area (Å²) in [6, 6.07) is 12.6. The number of piperazine rings is 1. The summed E-state index contributed by atoms with van der Waals surface area (Å²) in [6.07, 6.45) is 5.82. The fraction of sp³-hybridized carbons (Fsp3) is 0.333. The first-order valence-electron chi connectivity index (χ1n) is 8.18. The predicted molar refractivity (Wildman–Crippen MR) is 92.6 cm³/mol. The first-order valence-corrected chi connectivity index (χ1v) is 8.18. The van der Waals surface area contributed by atoms with E-state index in [1.54, 1.807) is 0 Å². The molecule has 3 aromatic rings. The summed E-state index contributed by atoms with van der Waals surface area (Å²) < 4.78 is 2.35.